The molecule has 2 aromatic carbocycles. The molecule has 0 radical (unpaired) electrons. The SMILES string of the molecule is COc1ccc(CC(=O)N2CCN(c3cc(F)cc(F)c3)CC2)cc1. The fraction of sp³-hybridized carbons (Fsp3) is 0.316. The van der Waals surface area contributed by atoms with Gasteiger partial charge in [-0.3, -0.25) is 4.79 Å². The van der Waals surface area contributed by atoms with Crippen molar-refractivity contribution in [3.63, 3.8) is 0 Å². The molecule has 1 fully saturated rings. The minimum Gasteiger partial charge on any atom is -0.497 e. The minimum atomic E-state index is -0.590. The third-order valence-electron chi connectivity index (χ3n) is 4.36. The van der Waals surface area contributed by atoms with Crippen LogP contribution in [0.5, 0.6) is 5.75 Å². The number of carbonyl (C=O) groups excluding carboxylic acids is 1. The second kappa shape index (κ2) is 7.51. The number of anilines is 1. The predicted molar refractivity (Wildman–Crippen MR) is 91.8 cm³/mol. The Morgan fingerprint density at radius 1 is 1.00 bits per heavy atom. The van der Waals surface area contributed by atoms with E-state index in [9.17, 15) is 13.6 Å². The van der Waals surface area contributed by atoms with Crippen LogP contribution in [0, 0.1) is 11.6 Å². The highest BCUT2D eigenvalue weighted by atomic mass is 19.1. The van der Waals surface area contributed by atoms with E-state index in [-0.39, 0.29) is 5.91 Å². The standard InChI is InChI=1S/C19H20F2N2O2/c1-25-18-4-2-14(3-5-18)10-19(24)23-8-6-22(7-9-23)17-12-15(20)11-16(21)13-17/h2-5,11-13H,6-10H2,1H3. The summed E-state index contributed by atoms with van der Waals surface area (Å²) in [4.78, 5) is 16.1. The van der Waals surface area contributed by atoms with Crippen molar-refractivity contribution in [3.05, 3.63) is 59.7 Å². The smallest absolute Gasteiger partial charge is 0.227 e. The van der Waals surface area contributed by atoms with E-state index in [1.807, 2.05) is 29.2 Å². The van der Waals surface area contributed by atoms with Gasteiger partial charge in [-0.1, -0.05) is 12.1 Å². The lowest BCUT2D eigenvalue weighted by Crippen LogP contribution is -2.49. The summed E-state index contributed by atoms with van der Waals surface area (Å²) < 4.78 is 31.8. The third-order valence-corrected chi connectivity index (χ3v) is 4.36. The summed E-state index contributed by atoms with van der Waals surface area (Å²) in [6.07, 6.45) is 0.332. The number of carbonyl (C=O) groups is 1. The van der Waals surface area contributed by atoms with Crippen LogP contribution in [0.3, 0.4) is 0 Å². The molecule has 0 spiro atoms. The monoisotopic (exact) mass is 346 g/mol. The summed E-state index contributed by atoms with van der Waals surface area (Å²) >= 11 is 0. The van der Waals surface area contributed by atoms with Gasteiger partial charge in [0.15, 0.2) is 0 Å². The first-order chi connectivity index (χ1) is 12.0. The molecule has 25 heavy (non-hydrogen) atoms. The van der Waals surface area contributed by atoms with Gasteiger partial charge in [0.1, 0.15) is 17.4 Å². The largest absolute Gasteiger partial charge is 0.497 e. The van der Waals surface area contributed by atoms with Gasteiger partial charge in [-0.05, 0) is 29.8 Å². The number of hydrogen-bond donors (Lipinski definition) is 0. The molecule has 0 aromatic heterocycles. The van der Waals surface area contributed by atoms with E-state index >= 15 is 0 Å². The Morgan fingerprint density at radius 3 is 2.16 bits per heavy atom. The van der Waals surface area contributed by atoms with Crippen LogP contribution in [-0.2, 0) is 11.2 Å². The molecule has 1 heterocycles. The van der Waals surface area contributed by atoms with E-state index in [0.717, 1.165) is 17.4 Å². The lowest BCUT2D eigenvalue weighted by Gasteiger charge is -2.36. The van der Waals surface area contributed by atoms with E-state index in [0.29, 0.717) is 38.3 Å². The van der Waals surface area contributed by atoms with Gasteiger partial charge in [0.2, 0.25) is 5.91 Å². The van der Waals surface area contributed by atoms with E-state index in [2.05, 4.69) is 0 Å². The molecule has 2 aromatic rings. The summed E-state index contributed by atoms with van der Waals surface area (Å²) in [5.41, 5.74) is 1.44. The number of nitrogens with zero attached hydrogens (tertiary/aromatic N) is 2. The van der Waals surface area contributed by atoms with Crippen molar-refractivity contribution in [2.24, 2.45) is 0 Å². The molecule has 4 nitrogen and oxygen atoms in total. The molecule has 0 atom stereocenters. The highest BCUT2D eigenvalue weighted by Gasteiger charge is 2.22. The first-order valence-corrected chi connectivity index (χ1v) is 8.17. The molecule has 0 N–H and O–H groups in total. The maximum atomic E-state index is 13.3. The summed E-state index contributed by atoms with van der Waals surface area (Å²) in [6, 6.07) is 10.9. The molecular formula is C19H20F2N2O2. The maximum absolute atomic E-state index is 13.3. The molecule has 3 rings (SSSR count). The van der Waals surface area contributed by atoms with Crippen molar-refractivity contribution in [3.8, 4) is 5.75 Å². The maximum Gasteiger partial charge on any atom is 0.227 e. The van der Waals surface area contributed by atoms with Gasteiger partial charge in [-0.25, -0.2) is 8.78 Å². The van der Waals surface area contributed by atoms with Crippen LogP contribution >= 0.6 is 0 Å². The van der Waals surface area contributed by atoms with Gasteiger partial charge in [-0.15, -0.1) is 0 Å². The van der Waals surface area contributed by atoms with E-state index in [1.54, 1.807) is 12.0 Å². The zero-order valence-electron chi connectivity index (χ0n) is 14.0. The number of amides is 1. The number of rotatable bonds is 4. The van der Waals surface area contributed by atoms with Crippen molar-refractivity contribution in [1.29, 1.82) is 0 Å². The van der Waals surface area contributed by atoms with Crippen molar-refractivity contribution in [1.82, 2.24) is 4.90 Å². The minimum absolute atomic E-state index is 0.0511. The van der Waals surface area contributed by atoms with Crippen LogP contribution in [0.25, 0.3) is 0 Å². The quantitative estimate of drug-likeness (QED) is 0.853. The second-order valence-corrected chi connectivity index (χ2v) is 6.02. The van der Waals surface area contributed by atoms with Crippen LogP contribution < -0.4 is 9.64 Å². The van der Waals surface area contributed by atoms with E-state index < -0.39 is 11.6 Å². The normalized spacial score (nSPS) is 14.5. The van der Waals surface area contributed by atoms with E-state index in [4.69, 9.17) is 4.74 Å². The number of benzene rings is 2. The molecule has 132 valence electrons. The van der Waals surface area contributed by atoms with Crippen LogP contribution in [0.15, 0.2) is 42.5 Å². The Hall–Kier alpha value is -2.63. The molecule has 1 saturated heterocycles. The van der Waals surface area contributed by atoms with Crippen molar-refractivity contribution < 1.29 is 18.3 Å². The Labute approximate surface area is 145 Å². The Balaban J connectivity index is 1.56. The van der Waals surface area contributed by atoms with E-state index in [1.165, 1.54) is 12.1 Å². The summed E-state index contributed by atoms with van der Waals surface area (Å²) in [7, 11) is 1.60. The lowest BCUT2D eigenvalue weighted by molar-refractivity contribution is -0.130. The first kappa shape index (κ1) is 17.2. The zero-order chi connectivity index (χ0) is 17.8. The van der Waals surface area contributed by atoms with Gasteiger partial charge in [0.05, 0.1) is 13.5 Å². The average molecular weight is 346 g/mol. The number of ether oxygens (including phenoxy) is 1. The molecule has 0 bridgehead atoms. The zero-order valence-corrected chi connectivity index (χ0v) is 14.0. The molecule has 0 unspecified atom stereocenters. The summed E-state index contributed by atoms with van der Waals surface area (Å²) in [5, 5.41) is 0. The number of piperazine rings is 1. The topological polar surface area (TPSA) is 32.8 Å². The highest BCUT2D eigenvalue weighted by Crippen LogP contribution is 2.20. The molecule has 6 heteroatoms. The van der Waals surface area contributed by atoms with Crippen LogP contribution in [0.2, 0.25) is 0 Å². The van der Waals surface area contributed by atoms with Crippen LogP contribution in [-0.4, -0.2) is 44.1 Å². The molecule has 1 aliphatic heterocycles. The van der Waals surface area contributed by atoms with Gasteiger partial charge in [-0.2, -0.15) is 0 Å². The first-order valence-electron chi connectivity index (χ1n) is 8.17. The van der Waals surface area contributed by atoms with Crippen molar-refractivity contribution in [2.45, 2.75) is 6.42 Å². The summed E-state index contributed by atoms with van der Waals surface area (Å²) in [5.74, 6) is -0.372. The fourth-order valence-electron chi connectivity index (χ4n) is 2.97. The van der Waals surface area contributed by atoms with Gasteiger partial charge in [0.25, 0.3) is 0 Å². The van der Waals surface area contributed by atoms with Crippen LogP contribution in [0.4, 0.5) is 14.5 Å². The lowest BCUT2D eigenvalue weighted by atomic mass is 10.1. The summed E-state index contributed by atoms with van der Waals surface area (Å²) in [6.45, 7) is 2.18. The van der Waals surface area contributed by atoms with Gasteiger partial charge < -0.3 is 14.5 Å². The molecule has 0 aliphatic carbocycles. The fourth-order valence-corrected chi connectivity index (χ4v) is 2.97. The third kappa shape index (κ3) is 4.26. The molecule has 0 saturated carbocycles. The number of hydrogen-bond acceptors (Lipinski definition) is 3. The Morgan fingerprint density at radius 2 is 1.60 bits per heavy atom. The average Bonchev–Trinajstić information content (AvgIpc) is 2.61. The molecule has 1 aliphatic rings. The second-order valence-electron chi connectivity index (χ2n) is 6.02. The predicted octanol–water partition coefficient (Wildman–Crippen LogP) is 2.86. The van der Waals surface area contributed by atoms with Gasteiger partial charge >= 0.3 is 0 Å². The van der Waals surface area contributed by atoms with Crippen LogP contribution in [0.1, 0.15) is 5.56 Å². The highest BCUT2D eigenvalue weighted by molar-refractivity contribution is 5.79. The Bertz CT molecular complexity index is 721. The number of methoxy groups -OCH3 is 1. The molecule has 1 amide bonds. The number of halogens is 2. The molecular weight excluding hydrogens is 326 g/mol. The van der Waals surface area contributed by atoms with Crippen molar-refractivity contribution in [2.75, 3.05) is 38.2 Å². The van der Waals surface area contributed by atoms with Gasteiger partial charge in [0, 0.05) is 37.9 Å². The van der Waals surface area contributed by atoms with Crippen molar-refractivity contribution >= 4 is 11.6 Å². The Kier molecular flexibility index (Phi) is 5.16.